The molecule has 3 aromatic carbocycles. The van der Waals surface area contributed by atoms with Crippen molar-refractivity contribution in [2.75, 3.05) is 32.2 Å². The van der Waals surface area contributed by atoms with Crippen LogP contribution in [-0.4, -0.2) is 51.2 Å². The van der Waals surface area contributed by atoms with Crippen LogP contribution in [0.2, 0.25) is 0 Å². The summed E-state index contributed by atoms with van der Waals surface area (Å²) in [6.45, 7) is 2.21. The summed E-state index contributed by atoms with van der Waals surface area (Å²) in [5.41, 5.74) is 4.28. The number of hydrogen-bond acceptors (Lipinski definition) is 5. The molecule has 0 spiro atoms. The zero-order valence-electron chi connectivity index (χ0n) is 20.7. The predicted molar refractivity (Wildman–Crippen MR) is 141 cm³/mol. The first-order valence-corrected chi connectivity index (χ1v) is 13.5. The largest absolute Gasteiger partial charge is 0.497 e. The summed E-state index contributed by atoms with van der Waals surface area (Å²) < 4.78 is 34.6. The molecule has 1 N–H and O–H groups in total. The second-order valence-corrected chi connectivity index (χ2v) is 11.3. The molecule has 2 aliphatic heterocycles. The van der Waals surface area contributed by atoms with Crippen LogP contribution in [0.1, 0.15) is 34.7 Å². The van der Waals surface area contributed by atoms with Crippen LogP contribution in [0.5, 0.6) is 5.75 Å². The van der Waals surface area contributed by atoms with Gasteiger partial charge in [0.2, 0.25) is 10.0 Å². The first kappa shape index (κ1) is 24.4. The molecule has 0 radical (unpaired) electrons. The zero-order valence-corrected chi connectivity index (χ0v) is 21.5. The molecule has 1 fully saturated rings. The van der Waals surface area contributed by atoms with Crippen molar-refractivity contribution in [3.63, 3.8) is 0 Å². The number of likely N-dealkylation sites (N-methyl/N-ethyl adjacent to an activating group) is 1. The fourth-order valence-electron chi connectivity index (χ4n) is 5.55. The number of nitrogens with zero attached hydrogens (tertiary/aromatic N) is 2. The summed E-state index contributed by atoms with van der Waals surface area (Å²) in [7, 11) is -0.122. The van der Waals surface area contributed by atoms with E-state index in [1.807, 2.05) is 68.6 Å². The highest BCUT2D eigenvalue weighted by atomic mass is 32.2. The van der Waals surface area contributed by atoms with E-state index in [1.54, 1.807) is 23.5 Å². The highest BCUT2D eigenvalue weighted by molar-refractivity contribution is 7.89. The first-order valence-electron chi connectivity index (χ1n) is 12.1. The number of aryl methyl sites for hydroxylation is 1. The Bertz CT molecular complexity index is 1440. The number of sulfonamides is 1. The lowest BCUT2D eigenvalue weighted by atomic mass is 9.82. The van der Waals surface area contributed by atoms with Crippen LogP contribution in [0.25, 0.3) is 0 Å². The Morgan fingerprint density at radius 1 is 1.03 bits per heavy atom. The van der Waals surface area contributed by atoms with E-state index in [-0.39, 0.29) is 24.6 Å². The Morgan fingerprint density at radius 2 is 1.72 bits per heavy atom. The van der Waals surface area contributed by atoms with Crippen LogP contribution in [0.15, 0.2) is 71.6 Å². The third-order valence-electron chi connectivity index (χ3n) is 7.42. The zero-order chi connectivity index (χ0) is 25.4. The average Bonchev–Trinajstić information content (AvgIpc) is 3.34. The Hall–Kier alpha value is -3.31. The third kappa shape index (κ3) is 4.16. The first-order chi connectivity index (χ1) is 17.3. The number of aliphatic hydroxyl groups excluding tert-OH is 1. The van der Waals surface area contributed by atoms with E-state index in [1.165, 1.54) is 0 Å². The van der Waals surface area contributed by atoms with Crippen LogP contribution < -0.4 is 9.64 Å². The number of fused-ring (bicyclic) bond motifs is 3. The van der Waals surface area contributed by atoms with Crippen molar-refractivity contribution in [3.8, 4) is 17.6 Å². The lowest BCUT2D eigenvalue weighted by molar-refractivity contribution is 0.193. The van der Waals surface area contributed by atoms with Crippen molar-refractivity contribution >= 4 is 15.7 Å². The molecule has 36 heavy (non-hydrogen) atoms. The van der Waals surface area contributed by atoms with E-state index >= 15 is 0 Å². The molecule has 2 heterocycles. The molecule has 0 saturated carbocycles. The van der Waals surface area contributed by atoms with Crippen molar-refractivity contribution < 1.29 is 18.3 Å². The number of aliphatic hydroxyl groups is 1. The Labute approximate surface area is 213 Å². The molecule has 0 amide bonds. The minimum Gasteiger partial charge on any atom is -0.497 e. The van der Waals surface area contributed by atoms with E-state index in [4.69, 9.17) is 4.74 Å². The number of anilines is 1. The molecule has 186 valence electrons. The standard InChI is InChI=1S/C29H30N2O4S/c1-20-6-4-5-7-28(20)36(33,34)31-17-16-24-27(19-32)30(2)26-15-12-22(18-25(26)29(24)31)9-8-21-10-13-23(35-3)14-11-21/h4-7,10-15,18,24,27,29,32H,16-17,19H2,1-3H3/t24-,27+,29-/m1/s1. The van der Waals surface area contributed by atoms with Crippen LogP contribution in [0.4, 0.5) is 5.69 Å². The van der Waals surface area contributed by atoms with Crippen molar-refractivity contribution in [2.24, 2.45) is 5.92 Å². The van der Waals surface area contributed by atoms with E-state index < -0.39 is 10.0 Å². The van der Waals surface area contributed by atoms with Gasteiger partial charge in [-0.05, 0) is 73.0 Å². The fourth-order valence-corrected chi connectivity index (χ4v) is 7.44. The SMILES string of the molecule is COc1ccc(C#Cc2ccc3c(c2)[C@H]2[C@H](CCN2S(=O)(=O)c2ccccc2C)[C@H](CO)N3C)cc1. The number of hydrogen-bond donors (Lipinski definition) is 1. The van der Waals surface area contributed by atoms with Crippen LogP contribution in [-0.2, 0) is 10.0 Å². The number of benzene rings is 3. The van der Waals surface area contributed by atoms with Gasteiger partial charge in [0.15, 0.2) is 0 Å². The predicted octanol–water partition coefficient (Wildman–Crippen LogP) is 3.97. The second kappa shape index (κ2) is 9.62. The Kier molecular flexibility index (Phi) is 6.52. The number of methoxy groups -OCH3 is 1. The minimum absolute atomic E-state index is 0.0175. The van der Waals surface area contributed by atoms with Crippen molar-refractivity contribution in [3.05, 3.63) is 89.0 Å². The van der Waals surface area contributed by atoms with Crippen molar-refractivity contribution in [2.45, 2.75) is 30.3 Å². The van der Waals surface area contributed by atoms with Crippen LogP contribution in [0.3, 0.4) is 0 Å². The molecular weight excluding hydrogens is 472 g/mol. The minimum atomic E-state index is -3.72. The molecule has 5 rings (SSSR count). The summed E-state index contributed by atoms with van der Waals surface area (Å²) in [5, 5.41) is 10.2. The average molecular weight is 503 g/mol. The smallest absolute Gasteiger partial charge is 0.243 e. The van der Waals surface area contributed by atoms with Gasteiger partial charge >= 0.3 is 0 Å². The summed E-state index contributed by atoms with van der Waals surface area (Å²) in [6, 6.07) is 20.1. The molecule has 3 aromatic rings. The normalized spacial score (nSPS) is 21.3. The lowest BCUT2D eigenvalue weighted by Gasteiger charge is -2.44. The molecule has 0 aromatic heterocycles. The van der Waals surface area contributed by atoms with Gasteiger partial charge in [0.1, 0.15) is 5.75 Å². The Balaban J connectivity index is 1.57. The quantitative estimate of drug-likeness (QED) is 0.547. The molecular formula is C29H30N2O4S. The van der Waals surface area contributed by atoms with Crippen molar-refractivity contribution in [1.82, 2.24) is 4.31 Å². The van der Waals surface area contributed by atoms with Gasteiger partial charge in [-0.1, -0.05) is 30.0 Å². The van der Waals surface area contributed by atoms with Gasteiger partial charge in [-0.25, -0.2) is 8.42 Å². The molecule has 0 unspecified atom stereocenters. The number of ether oxygens (including phenoxy) is 1. The van der Waals surface area contributed by atoms with Crippen LogP contribution in [0, 0.1) is 24.7 Å². The topological polar surface area (TPSA) is 70.1 Å². The van der Waals surface area contributed by atoms with Gasteiger partial charge in [0, 0.05) is 36.3 Å². The van der Waals surface area contributed by atoms with Gasteiger partial charge in [-0.15, -0.1) is 0 Å². The second-order valence-electron chi connectivity index (χ2n) is 9.39. The van der Waals surface area contributed by atoms with Crippen LogP contribution >= 0.6 is 0 Å². The maximum atomic E-state index is 13.9. The van der Waals surface area contributed by atoms with Gasteiger partial charge in [-0.2, -0.15) is 4.31 Å². The Morgan fingerprint density at radius 3 is 2.42 bits per heavy atom. The molecule has 3 atom stereocenters. The third-order valence-corrected chi connectivity index (χ3v) is 9.47. The molecule has 7 heteroatoms. The van der Waals surface area contributed by atoms with E-state index in [0.717, 1.165) is 33.7 Å². The summed E-state index contributed by atoms with van der Waals surface area (Å²) >= 11 is 0. The summed E-state index contributed by atoms with van der Waals surface area (Å²) in [5.74, 6) is 7.19. The molecule has 0 bridgehead atoms. The van der Waals surface area contributed by atoms with Gasteiger partial charge in [0.05, 0.1) is 30.7 Å². The van der Waals surface area contributed by atoms with Gasteiger partial charge in [0.25, 0.3) is 0 Å². The fraction of sp³-hybridized carbons (Fsp3) is 0.310. The highest BCUT2D eigenvalue weighted by Gasteiger charge is 2.50. The molecule has 2 aliphatic rings. The monoisotopic (exact) mass is 502 g/mol. The maximum absolute atomic E-state index is 13.9. The highest BCUT2D eigenvalue weighted by Crippen LogP contribution is 2.50. The van der Waals surface area contributed by atoms with E-state index in [9.17, 15) is 13.5 Å². The van der Waals surface area contributed by atoms with E-state index in [0.29, 0.717) is 17.9 Å². The summed E-state index contributed by atoms with van der Waals surface area (Å²) in [6.07, 6.45) is 0.687. The molecule has 0 aliphatic carbocycles. The molecule has 6 nitrogen and oxygen atoms in total. The lowest BCUT2D eigenvalue weighted by Crippen LogP contribution is -2.48. The number of rotatable bonds is 4. The summed E-state index contributed by atoms with van der Waals surface area (Å²) in [4.78, 5) is 2.42. The molecule has 1 saturated heterocycles. The van der Waals surface area contributed by atoms with Gasteiger partial charge < -0.3 is 14.7 Å². The maximum Gasteiger partial charge on any atom is 0.243 e. The van der Waals surface area contributed by atoms with Gasteiger partial charge in [-0.3, -0.25) is 0 Å². The van der Waals surface area contributed by atoms with E-state index in [2.05, 4.69) is 16.7 Å². The van der Waals surface area contributed by atoms with Crippen molar-refractivity contribution in [1.29, 1.82) is 0 Å².